The van der Waals surface area contributed by atoms with Crippen LogP contribution in [0.25, 0.3) is 0 Å². The molecule has 0 bridgehead atoms. The van der Waals surface area contributed by atoms with Crippen molar-refractivity contribution < 1.29 is 0 Å². The van der Waals surface area contributed by atoms with E-state index in [9.17, 15) is 0 Å². The summed E-state index contributed by atoms with van der Waals surface area (Å²) < 4.78 is 0. The maximum absolute atomic E-state index is 5.48. The second-order valence-corrected chi connectivity index (χ2v) is 5.53. The van der Waals surface area contributed by atoms with Crippen molar-refractivity contribution in [1.29, 1.82) is 0 Å². The lowest BCUT2D eigenvalue weighted by molar-refractivity contribution is 0.936. The Morgan fingerprint density at radius 2 is 2.12 bits per heavy atom. The number of aromatic nitrogens is 2. The highest BCUT2D eigenvalue weighted by Crippen LogP contribution is 2.26. The van der Waals surface area contributed by atoms with Crippen molar-refractivity contribution in [2.45, 2.75) is 20.3 Å². The second kappa shape index (κ2) is 4.90. The van der Waals surface area contributed by atoms with Crippen molar-refractivity contribution in [3.63, 3.8) is 0 Å². The van der Waals surface area contributed by atoms with Crippen LogP contribution in [0.2, 0.25) is 0 Å². The molecule has 0 aliphatic heterocycles. The normalized spacial score (nSPS) is 10.7. The molecule has 16 heavy (non-hydrogen) atoms. The van der Waals surface area contributed by atoms with Gasteiger partial charge in [0, 0.05) is 16.7 Å². The van der Waals surface area contributed by atoms with Crippen molar-refractivity contribution in [1.82, 2.24) is 9.97 Å². The number of thiazole rings is 2. The van der Waals surface area contributed by atoms with E-state index in [1.165, 1.54) is 4.88 Å². The molecule has 0 aromatic carbocycles. The molecular weight excluding hydrogens is 240 g/mol. The molecule has 2 heterocycles. The lowest BCUT2D eigenvalue weighted by Crippen LogP contribution is -2.02. The first-order valence-electron chi connectivity index (χ1n) is 5.04. The van der Waals surface area contributed by atoms with Gasteiger partial charge in [-0.05, 0) is 20.4 Å². The van der Waals surface area contributed by atoms with Gasteiger partial charge in [-0.2, -0.15) is 0 Å². The lowest BCUT2D eigenvalue weighted by Gasteiger charge is -1.95. The van der Waals surface area contributed by atoms with E-state index >= 15 is 0 Å². The first-order valence-corrected chi connectivity index (χ1v) is 6.74. The van der Waals surface area contributed by atoms with Crippen LogP contribution in [0, 0.1) is 13.8 Å². The third-order valence-corrected chi connectivity index (χ3v) is 3.99. The summed E-state index contributed by atoms with van der Waals surface area (Å²) in [6.45, 7) is 4.72. The predicted molar refractivity (Wildman–Crippen MR) is 69.7 cm³/mol. The van der Waals surface area contributed by atoms with Gasteiger partial charge in [-0.15, -0.1) is 22.7 Å². The SMILES string of the molecule is Cc1nc(Nc2nc(CCN)cs2)sc1C. The van der Waals surface area contributed by atoms with E-state index < -0.39 is 0 Å². The summed E-state index contributed by atoms with van der Waals surface area (Å²) in [5.41, 5.74) is 7.60. The van der Waals surface area contributed by atoms with Crippen molar-refractivity contribution in [3.05, 3.63) is 21.6 Å². The second-order valence-electron chi connectivity index (χ2n) is 3.47. The molecule has 0 aliphatic rings. The highest BCUT2D eigenvalue weighted by Gasteiger charge is 2.06. The lowest BCUT2D eigenvalue weighted by atomic mass is 10.3. The molecule has 2 aromatic rings. The Hall–Kier alpha value is -0.980. The Morgan fingerprint density at radius 1 is 1.31 bits per heavy atom. The molecule has 0 atom stereocenters. The molecule has 0 amide bonds. The Morgan fingerprint density at radius 3 is 2.75 bits per heavy atom. The molecule has 6 heteroatoms. The van der Waals surface area contributed by atoms with Gasteiger partial charge >= 0.3 is 0 Å². The van der Waals surface area contributed by atoms with Crippen LogP contribution in [0.15, 0.2) is 5.38 Å². The van der Waals surface area contributed by atoms with Gasteiger partial charge in [-0.25, -0.2) is 9.97 Å². The van der Waals surface area contributed by atoms with E-state index in [-0.39, 0.29) is 0 Å². The summed E-state index contributed by atoms with van der Waals surface area (Å²) in [6, 6.07) is 0. The molecule has 0 saturated carbocycles. The van der Waals surface area contributed by atoms with Gasteiger partial charge < -0.3 is 11.1 Å². The van der Waals surface area contributed by atoms with Crippen molar-refractivity contribution >= 4 is 32.9 Å². The summed E-state index contributed by atoms with van der Waals surface area (Å²) in [6.07, 6.45) is 0.827. The van der Waals surface area contributed by atoms with Gasteiger partial charge in [-0.3, -0.25) is 0 Å². The van der Waals surface area contributed by atoms with E-state index in [2.05, 4.69) is 22.2 Å². The van der Waals surface area contributed by atoms with Crippen molar-refractivity contribution in [2.75, 3.05) is 11.9 Å². The summed E-state index contributed by atoms with van der Waals surface area (Å²) in [5.74, 6) is 0. The summed E-state index contributed by atoms with van der Waals surface area (Å²) in [7, 11) is 0. The third-order valence-electron chi connectivity index (χ3n) is 2.19. The van der Waals surface area contributed by atoms with E-state index in [4.69, 9.17) is 5.73 Å². The van der Waals surface area contributed by atoms with E-state index in [0.29, 0.717) is 6.54 Å². The van der Waals surface area contributed by atoms with Gasteiger partial charge in [-0.1, -0.05) is 0 Å². The first-order chi connectivity index (χ1) is 7.69. The highest BCUT2D eigenvalue weighted by molar-refractivity contribution is 7.17. The monoisotopic (exact) mass is 254 g/mol. The number of aryl methyl sites for hydroxylation is 2. The molecule has 0 fully saturated rings. The average molecular weight is 254 g/mol. The molecule has 0 spiro atoms. The van der Waals surface area contributed by atoms with E-state index in [0.717, 1.165) is 28.1 Å². The molecule has 0 radical (unpaired) electrons. The molecule has 0 aliphatic carbocycles. The van der Waals surface area contributed by atoms with Crippen LogP contribution < -0.4 is 11.1 Å². The van der Waals surface area contributed by atoms with Gasteiger partial charge in [0.05, 0.1) is 11.4 Å². The minimum atomic E-state index is 0.638. The molecule has 0 unspecified atom stereocenters. The zero-order valence-electron chi connectivity index (χ0n) is 9.28. The van der Waals surface area contributed by atoms with Crippen molar-refractivity contribution in [2.24, 2.45) is 5.73 Å². The number of nitrogens with one attached hydrogen (secondary N) is 1. The summed E-state index contributed by atoms with van der Waals surface area (Å²) in [5, 5.41) is 7.04. The van der Waals surface area contributed by atoms with Crippen LogP contribution >= 0.6 is 22.7 Å². The van der Waals surface area contributed by atoms with Crippen LogP contribution in [0.5, 0.6) is 0 Å². The standard InChI is InChI=1S/C10H14N4S2/c1-6-7(2)16-10(12-6)14-9-13-8(3-4-11)5-15-9/h5H,3-4,11H2,1-2H3,(H,12,13,14). The van der Waals surface area contributed by atoms with Crippen LogP contribution in [-0.4, -0.2) is 16.5 Å². The molecule has 4 nitrogen and oxygen atoms in total. The largest absolute Gasteiger partial charge is 0.330 e. The first kappa shape index (κ1) is 11.5. The van der Waals surface area contributed by atoms with Crippen LogP contribution in [0.4, 0.5) is 10.3 Å². The predicted octanol–water partition coefficient (Wildman–Crippen LogP) is 2.46. The fourth-order valence-electron chi connectivity index (χ4n) is 1.24. The maximum atomic E-state index is 5.48. The van der Waals surface area contributed by atoms with Crippen molar-refractivity contribution in [3.8, 4) is 0 Å². The summed E-state index contributed by atoms with van der Waals surface area (Å²) >= 11 is 3.24. The molecular formula is C10H14N4S2. The fourth-order valence-corrected chi connectivity index (χ4v) is 2.87. The van der Waals surface area contributed by atoms with Gasteiger partial charge in [0.2, 0.25) is 0 Å². The molecule has 2 rings (SSSR count). The van der Waals surface area contributed by atoms with Gasteiger partial charge in [0.15, 0.2) is 10.3 Å². The van der Waals surface area contributed by atoms with E-state index in [1.807, 2.05) is 12.3 Å². The Labute approximate surface area is 103 Å². The van der Waals surface area contributed by atoms with E-state index in [1.54, 1.807) is 22.7 Å². The molecule has 0 saturated heterocycles. The zero-order chi connectivity index (χ0) is 11.5. The fraction of sp³-hybridized carbons (Fsp3) is 0.400. The topological polar surface area (TPSA) is 63.8 Å². The number of nitrogens with two attached hydrogens (primary N) is 1. The number of anilines is 2. The van der Waals surface area contributed by atoms with Crippen LogP contribution in [0.1, 0.15) is 16.3 Å². The molecule has 3 N–H and O–H groups in total. The smallest absolute Gasteiger partial charge is 0.189 e. The highest BCUT2D eigenvalue weighted by atomic mass is 32.1. The number of rotatable bonds is 4. The van der Waals surface area contributed by atoms with Crippen LogP contribution in [-0.2, 0) is 6.42 Å². The molecule has 86 valence electrons. The number of hydrogen-bond donors (Lipinski definition) is 2. The maximum Gasteiger partial charge on any atom is 0.189 e. The number of nitrogens with zero attached hydrogens (tertiary/aromatic N) is 2. The third kappa shape index (κ3) is 2.58. The van der Waals surface area contributed by atoms with Crippen LogP contribution in [0.3, 0.4) is 0 Å². The Bertz CT molecular complexity index is 455. The summed E-state index contributed by atoms with van der Waals surface area (Å²) in [4.78, 5) is 10.1. The zero-order valence-corrected chi connectivity index (χ0v) is 10.9. The Balaban J connectivity index is 2.08. The van der Waals surface area contributed by atoms with Gasteiger partial charge in [0.1, 0.15) is 0 Å². The minimum absolute atomic E-state index is 0.638. The molecule has 2 aromatic heterocycles. The van der Waals surface area contributed by atoms with Gasteiger partial charge in [0.25, 0.3) is 0 Å². The number of hydrogen-bond acceptors (Lipinski definition) is 6. The quantitative estimate of drug-likeness (QED) is 0.879. The average Bonchev–Trinajstić information content (AvgIpc) is 2.77. The Kier molecular flexibility index (Phi) is 3.52. The minimum Gasteiger partial charge on any atom is -0.330 e.